The van der Waals surface area contributed by atoms with E-state index in [-0.39, 0.29) is 0 Å². The van der Waals surface area contributed by atoms with Gasteiger partial charge in [-0.05, 0) is 25.7 Å². The van der Waals surface area contributed by atoms with Crippen molar-refractivity contribution in [3.63, 3.8) is 0 Å². The van der Waals surface area contributed by atoms with Gasteiger partial charge in [0.1, 0.15) is 0 Å². The Balaban J connectivity index is 0.0000000886. The van der Waals surface area contributed by atoms with Gasteiger partial charge >= 0.3 is 0 Å². The first-order valence-corrected chi connectivity index (χ1v) is 4.66. The quantitative estimate of drug-likeness (QED) is 0.447. The minimum absolute atomic E-state index is 1.44. The average molecular weight is 136 g/mol. The third-order valence-corrected chi connectivity index (χ3v) is 2.96. The van der Waals surface area contributed by atoms with Crippen LogP contribution in [0.15, 0.2) is 11.1 Å². The fourth-order valence-electron chi connectivity index (χ4n) is 1.46. The molecule has 0 unspecified atom stereocenters. The molecule has 0 radical (unpaired) electrons. The molecule has 0 spiro atoms. The molecule has 0 aliphatic heterocycles. The summed E-state index contributed by atoms with van der Waals surface area (Å²) in [4.78, 5) is 0. The molecule has 1 saturated carbocycles. The summed E-state index contributed by atoms with van der Waals surface area (Å²) in [6.45, 7) is 0. The van der Waals surface area contributed by atoms with Crippen LogP contribution in [0.2, 0.25) is 0 Å². The van der Waals surface area contributed by atoms with Gasteiger partial charge in [0.15, 0.2) is 0 Å². The highest BCUT2D eigenvalue weighted by Crippen LogP contribution is 2.43. The summed E-state index contributed by atoms with van der Waals surface area (Å²) in [7, 11) is 0. The number of allylic oxidation sites excluding steroid dienone is 2. The maximum absolute atomic E-state index is 1.79. The number of hydrogen-bond donors (Lipinski definition) is 0. The third-order valence-electron chi connectivity index (χ3n) is 2.96. The van der Waals surface area contributed by atoms with Crippen LogP contribution in [-0.2, 0) is 0 Å². The van der Waals surface area contributed by atoms with E-state index < -0.39 is 0 Å². The maximum atomic E-state index is 1.79. The van der Waals surface area contributed by atoms with E-state index >= 15 is 0 Å². The van der Waals surface area contributed by atoms with Crippen LogP contribution < -0.4 is 0 Å². The highest BCUT2D eigenvalue weighted by Gasteiger charge is 2.23. The lowest BCUT2D eigenvalue weighted by Crippen LogP contribution is -2.12. The molecular weight excluding hydrogens is 120 g/mol. The molecule has 3 aliphatic rings. The molecule has 3 aliphatic carbocycles. The van der Waals surface area contributed by atoms with E-state index in [4.69, 9.17) is 0 Å². The van der Waals surface area contributed by atoms with Crippen molar-refractivity contribution in [2.45, 2.75) is 51.4 Å². The van der Waals surface area contributed by atoms with E-state index in [0.29, 0.717) is 0 Å². The Bertz CT molecular complexity index is 119. The second-order valence-corrected chi connectivity index (χ2v) is 3.62. The molecule has 0 N–H and O–H groups in total. The van der Waals surface area contributed by atoms with Crippen molar-refractivity contribution in [3.05, 3.63) is 11.1 Å². The first-order valence-electron chi connectivity index (χ1n) is 4.66. The molecule has 0 heteroatoms. The summed E-state index contributed by atoms with van der Waals surface area (Å²) < 4.78 is 0. The number of hydrogen-bond acceptors (Lipinski definition) is 0. The van der Waals surface area contributed by atoms with Gasteiger partial charge < -0.3 is 0 Å². The monoisotopic (exact) mass is 136 g/mol. The smallest absolute Gasteiger partial charge is 0.0280 e. The van der Waals surface area contributed by atoms with E-state index in [9.17, 15) is 0 Å². The zero-order valence-corrected chi connectivity index (χ0v) is 6.66. The average Bonchev–Trinajstić information content (AvgIpc) is 1.74. The summed E-state index contributed by atoms with van der Waals surface area (Å²) in [5, 5.41) is 0. The fourth-order valence-corrected chi connectivity index (χ4v) is 1.46. The van der Waals surface area contributed by atoms with Crippen molar-refractivity contribution in [2.75, 3.05) is 0 Å². The SMILES string of the molecule is C1CC2=C1CC2.C1CCC1. The molecule has 0 aromatic carbocycles. The Morgan fingerprint density at radius 1 is 0.500 bits per heavy atom. The van der Waals surface area contributed by atoms with Crippen LogP contribution >= 0.6 is 0 Å². The molecule has 0 atom stereocenters. The summed E-state index contributed by atoms with van der Waals surface area (Å²) >= 11 is 0. The highest BCUT2D eigenvalue weighted by molar-refractivity contribution is 5.32. The van der Waals surface area contributed by atoms with Crippen molar-refractivity contribution in [3.8, 4) is 0 Å². The molecule has 0 nitrogen and oxygen atoms in total. The number of rotatable bonds is 0. The Morgan fingerprint density at radius 2 is 0.800 bits per heavy atom. The van der Waals surface area contributed by atoms with Gasteiger partial charge in [-0.2, -0.15) is 0 Å². The molecule has 0 bridgehead atoms. The summed E-state index contributed by atoms with van der Waals surface area (Å²) in [6, 6.07) is 0. The third kappa shape index (κ3) is 1.12. The maximum Gasteiger partial charge on any atom is -0.0280 e. The van der Waals surface area contributed by atoms with Crippen LogP contribution in [0, 0.1) is 0 Å². The molecule has 3 rings (SSSR count). The zero-order chi connectivity index (χ0) is 6.81. The Kier molecular flexibility index (Phi) is 1.79. The van der Waals surface area contributed by atoms with Gasteiger partial charge in [0, 0.05) is 0 Å². The van der Waals surface area contributed by atoms with E-state index in [2.05, 4.69) is 0 Å². The van der Waals surface area contributed by atoms with Crippen molar-refractivity contribution >= 4 is 0 Å². The predicted octanol–water partition coefficient (Wildman–Crippen LogP) is 3.43. The first kappa shape index (κ1) is 6.45. The van der Waals surface area contributed by atoms with Crippen molar-refractivity contribution in [2.24, 2.45) is 0 Å². The van der Waals surface area contributed by atoms with Gasteiger partial charge in [0.25, 0.3) is 0 Å². The topological polar surface area (TPSA) is 0 Å². The molecule has 10 heavy (non-hydrogen) atoms. The summed E-state index contributed by atoms with van der Waals surface area (Å²) in [5.74, 6) is 0. The van der Waals surface area contributed by atoms with E-state index in [1.807, 2.05) is 0 Å². The van der Waals surface area contributed by atoms with E-state index in [1.54, 1.807) is 11.1 Å². The Hall–Kier alpha value is -0.260. The minimum Gasteiger partial charge on any atom is -0.0704 e. The Morgan fingerprint density at radius 3 is 0.800 bits per heavy atom. The lowest BCUT2D eigenvalue weighted by Gasteiger charge is -2.32. The van der Waals surface area contributed by atoms with Gasteiger partial charge in [-0.3, -0.25) is 0 Å². The molecule has 0 heterocycles. The molecule has 0 aromatic heterocycles. The second kappa shape index (κ2) is 2.77. The van der Waals surface area contributed by atoms with Crippen LogP contribution in [0.5, 0.6) is 0 Å². The van der Waals surface area contributed by atoms with Crippen LogP contribution in [0.1, 0.15) is 51.4 Å². The van der Waals surface area contributed by atoms with Crippen LogP contribution in [0.4, 0.5) is 0 Å². The first-order chi connectivity index (χ1) is 4.97. The molecule has 0 amide bonds. The standard InChI is InChI=1S/C6H8.C4H8/c1-2-6-4-3-5(1)6;1-2-4-3-1/h1-4H2;1-4H2. The zero-order valence-electron chi connectivity index (χ0n) is 6.66. The predicted molar refractivity (Wildman–Crippen MR) is 44.0 cm³/mol. The minimum atomic E-state index is 1.44. The second-order valence-electron chi connectivity index (χ2n) is 3.62. The summed E-state index contributed by atoms with van der Waals surface area (Å²) in [6.07, 6.45) is 11.8. The van der Waals surface area contributed by atoms with E-state index in [1.165, 1.54) is 51.4 Å². The van der Waals surface area contributed by atoms with Gasteiger partial charge in [0.05, 0.1) is 0 Å². The van der Waals surface area contributed by atoms with E-state index in [0.717, 1.165) is 0 Å². The molecule has 0 aromatic rings. The molecular formula is C10H16. The van der Waals surface area contributed by atoms with Crippen LogP contribution in [-0.4, -0.2) is 0 Å². The van der Waals surface area contributed by atoms with Gasteiger partial charge in [-0.25, -0.2) is 0 Å². The van der Waals surface area contributed by atoms with Crippen molar-refractivity contribution < 1.29 is 0 Å². The lowest BCUT2D eigenvalue weighted by atomic mass is 9.74. The normalized spacial score (nSPS) is 26.4. The summed E-state index contributed by atoms with van der Waals surface area (Å²) in [5.41, 5.74) is 3.57. The van der Waals surface area contributed by atoms with Gasteiger partial charge in [-0.1, -0.05) is 36.8 Å². The molecule has 1 fully saturated rings. The molecule has 56 valence electrons. The largest absolute Gasteiger partial charge is 0.0704 e. The van der Waals surface area contributed by atoms with Crippen LogP contribution in [0.3, 0.4) is 0 Å². The lowest BCUT2D eigenvalue weighted by molar-refractivity contribution is 0.504. The Labute approximate surface area is 63.3 Å². The fraction of sp³-hybridized carbons (Fsp3) is 0.800. The molecule has 0 saturated heterocycles. The van der Waals surface area contributed by atoms with Crippen molar-refractivity contribution in [1.82, 2.24) is 0 Å². The van der Waals surface area contributed by atoms with Gasteiger partial charge in [0.2, 0.25) is 0 Å². The van der Waals surface area contributed by atoms with Crippen molar-refractivity contribution in [1.29, 1.82) is 0 Å². The van der Waals surface area contributed by atoms with Crippen LogP contribution in [0.25, 0.3) is 0 Å². The van der Waals surface area contributed by atoms with Gasteiger partial charge in [-0.15, -0.1) is 0 Å². The highest BCUT2D eigenvalue weighted by atomic mass is 14.3.